The minimum atomic E-state index is 0. The van der Waals surface area contributed by atoms with Crippen LogP contribution in [0.4, 0.5) is 5.69 Å². The molecule has 0 aliphatic carbocycles. The van der Waals surface area contributed by atoms with E-state index in [0.29, 0.717) is 24.9 Å². The molecule has 3 rings (SSSR count). The number of nitrogens with zero attached hydrogens (tertiary/aromatic N) is 2. The predicted octanol–water partition coefficient (Wildman–Crippen LogP) is 4.45. The van der Waals surface area contributed by atoms with Crippen LogP contribution in [0.15, 0.2) is 59.7 Å². The molecule has 0 amide bonds. The maximum absolute atomic E-state index is 5.55. The Kier molecular flexibility index (Phi) is 8.31. The summed E-state index contributed by atoms with van der Waals surface area (Å²) in [5, 5.41) is 7.73. The van der Waals surface area contributed by atoms with Crippen LogP contribution in [0.2, 0.25) is 0 Å². The molecule has 0 bridgehead atoms. The van der Waals surface area contributed by atoms with Crippen molar-refractivity contribution >= 4 is 46.5 Å². The van der Waals surface area contributed by atoms with Gasteiger partial charge in [0, 0.05) is 36.9 Å². The first-order valence-electron chi connectivity index (χ1n) is 8.86. The maximum Gasteiger partial charge on any atom is 0.195 e. The Morgan fingerprint density at radius 2 is 1.93 bits per heavy atom. The number of nitrogens with one attached hydrogen (secondary N) is 2. The van der Waals surface area contributed by atoms with Crippen molar-refractivity contribution in [2.24, 2.45) is 4.99 Å². The number of pyridine rings is 1. The third-order valence-electron chi connectivity index (χ3n) is 4.11. The molecule has 0 unspecified atom stereocenters. The van der Waals surface area contributed by atoms with Gasteiger partial charge >= 0.3 is 0 Å². The van der Waals surface area contributed by atoms with Crippen LogP contribution >= 0.6 is 24.0 Å². The molecule has 0 fully saturated rings. The Bertz CT molecular complexity index is 941. The lowest BCUT2D eigenvalue weighted by Gasteiger charge is -2.15. The van der Waals surface area contributed by atoms with E-state index in [1.165, 1.54) is 0 Å². The molecule has 0 aliphatic heterocycles. The molecule has 7 heteroatoms. The number of para-hydroxylation sites is 1. The second kappa shape index (κ2) is 10.7. The fourth-order valence-electron chi connectivity index (χ4n) is 2.82. The second-order valence-electron chi connectivity index (χ2n) is 5.84. The summed E-state index contributed by atoms with van der Waals surface area (Å²) in [6, 6.07) is 15.9. The smallest absolute Gasteiger partial charge is 0.195 e. The van der Waals surface area contributed by atoms with Crippen molar-refractivity contribution < 1.29 is 9.47 Å². The molecule has 28 heavy (non-hydrogen) atoms. The van der Waals surface area contributed by atoms with Gasteiger partial charge in [-0.2, -0.15) is 0 Å². The zero-order chi connectivity index (χ0) is 19.1. The van der Waals surface area contributed by atoms with Gasteiger partial charge < -0.3 is 20.1 Å². The Hall–Kier alpha value is -2.55. The van der Waals surface area contributed by atoms with E-state index in [9.17, 15) is 0 Å². The third kappa shape index (κ3) is 5.25. The first-order chi connectivity index (χ1) is 13.2. The monoisotopic (exact) mass is 492 g/mol. The van der Waals surface area contributed by atoms with Crippen molar-refractivity contribution in [3.63, 3.8) is 0 Å². The van der Waals surface area contributed by atoms with Gasteiger partial charge in [-0.05, 0) is 30.7 Å². The van der Waals surface area contributed by atoms with Gasteiger partial charge in [-0.3, -0.25) is 9.98 Å². The van der Waals surface area contributed by atoms with Crippen molar-refractivity contribution in [3.8, 4) is 11.5 Å². The van der Waals surface area contributed by atoms with Crippen LogP contribution in [0.5, 0.6) is 11.5 Å². The average molecular weight is 492 g/mol. The van der Waals surface area contributed by atoms with E-state index in [0.717, 1.165) is 27.9 Å². The number of hydrogen-bond acceptors (Lipinski definition) is 4. The highest BCUT2D eigenvalue weighted by atomic mass is 127. The Morgan fingerprint density at radius 1 is 1.11 bits per heavy atom. The molecule has 0 saturated heterocycles. The summed E-state index contributed by atoms with van der Waals surface area (Å²) in [4.78, 5) is 8.78. The standard InChI is InChI=1S/C21H24N4O2.HI/c1-4-27-18-11-10-17(13-19(18)26-3)25-21(22-2)24-14-16-8-5-7-15-9-6-12-23-20(15)16;/h5-13H,4,14H2,1-3H3,(H2,22,24,25);1H. The zero-order valence-electron chi connectivity index (χ0n) is 16.2. The molecular weight excluding hydrogens is 467 g/mol. The molecular formula is C21H25IN4O2. The highest BCUT2D eigenvalue weighted by molar-refractivity contribution is 14.0. The highest BCUT2D eigenvalue weighted by Crippen LogP contribution is 2.30. The number of rotatable bonds is 6. The number of guanidine groups is 1. The minimum Gasteiger partial charge on any atom is -0.493 e. The molecule has 0 atom stereocenters. The summed E-state index contributed by atoms with van der Waals surface area (Å²) in [5.74, 6) is 2.06. The van der Waals surface area contributed by atoms with Gasteiger partial charge in [0.05, 0.1) is 19.2 Å². The first-order valence-corrected chi connectivity index (χ1v) is 8.86. The lowest BCUT2D eigenvalue weighted by Crippen LogP contribution is -2.30. The third-order valence-corrected chi connectivity index (χ3v) is 4.11. The van der Waals surface area contributed by atoms with E-state index in [4.69, 9.17) is 9.47 Å². The zero-order valence-corrected chi connectivity index (χ0v) is 18.6. The fraction of sp³-hybridized carbons (Fsp3) is 0.238. The number of methoxy groups -OCH3 is 1. The number of benzene rings is 2. The molecule has 2 N–H and O–H groups in total. The predicted molar refractivity (Wildman–Crippen MR) is 125 cm³/mol. The summed E-state index contributed by atoms with van der Waals surface area (Å²) < 4.78 is 11.0. The van der Waals surface area contributed by atoms with E-state index >= 15 is 0 Å². The summed E-state index contributed by atoms with van der Waals surface area (Å²) in [5.41, 5.74) is 2.96. The van der Waals surface area contributed by atoms with Crippen molar-refractivity contribution in [2.75, 3.05) is 26.1 Å². The van der Waals surface area contributed by atoms with E-state index in [-0.39, 0.29) is 24.0 Å². The maximum atomic E-state index is 5.55. The van der Waals surface area contributed by atoms with Crippen molar-refractivity contribution in [1.29, 1.82) is 0 Å². The van der Waals surface area contributed by atoms with Crippen LogP contribution in [-0.2, 0) is 6.54 Å². The van der Waals surface area contributed by atoms with E-state index in [1.807, 2.05) is 43.5 Å². The first kappa shape index (κ1) is 21.7. The molecule has 0 aliphatic rings. The Balaban J connectivity index is 0.00000280. The Labute approximate surface area is 182 Å². The van der Waals surface area contributed by atoms with Crippen molar-refractivity contribution in [3.05, 3.63) is 60.3 Å². The topological polar surface area (TPSA) is 67.8 Å². The minimum absolute atomic E-state index is 0. The molecule has 1 heterocycles. The molecule has 0 saturated carbocycles. The van der Waals surface area contributed by atoms with Gasteiger partial charge in [-0.15, -0.1) is 24.0 Å². The molecule has 0 spiro atoms. The SMILES string of the molecule is CCOc1ccc(NC(=NC)NCc2cccc3cccnc23)cc1OC.I. The number of fused-ring (bicyclic) bond motifs is 1. The van der Waals surface area contributed by atoms with E-state index in [1.54, 1.807) is 14.2 Å². The van der Waals surface area contributed by atoms with Gasteiger partial charge in [-0.25, -0.2) is 0 Å². The lowest BCUT2D eigenvalue weighted by atomic mass is 10.1. The van der Waals surface area contributed by atoms with Crippen molar-refractivity contribution in [1.82, 2.24) is 10.3 Å². The lowest BCUT2D eigenvalue weighted by molar-refractivity contribution is 0.311. The molecule has 1 aromatic heterocycles. The van der Waals surface area contributed by atoms with E-state index in [2.05, 4.69) is 38.8 Å². The molecule has 6 nitrogen and oxygen atoms in total. The number of anilines is 1. The van der Waals surface area contributed by atoms with Crippen LogP contribution in [0.3, 0.4) is 0 Å². The summed E-state index contributed by atoms with van der Waals surface area (Å²) in [7, 11) is 3.37. The summed E-state index contributed by atoms with van der Waals surface area (Å²) in [6.07, 6.45) is 1.81. The van der Waals surface area contributed by atoms with Gasteiger partial charge in [0.15, 0.2) is 17.5 Å². The number of ether oxygens (including phenoxy) is 2. The average Bonchev–Trinajstić information content (AvgIpc) is 2.72. The summed E-state index contributed by atoms with van der Waals surface area (Å²) >= 11 is 0. The van der Waals surface area contributed by atoms with Crippen LogP contribution < -0.4 is 20.1 Å². The number of aliphatic imine (C=N–C) groups is 1. The largest absolute Gasteiger partial charge is 0.493 e. The van der Waals surface area contributed by atoms with Gasteiger partial charge in [-0.1, -0.05) is 24.3 Å². The fourth-order valence-corrected chi connectivity index (χ4v) is 2.82. The molecule has 2 aromatic carbocycles. The van der Waals surface area contributed by atoms with Gasteiger partial charge in [0.1, 0.15) is 0 Å². The van der Waals surface area contributed by atoms with E-state index < -0.39 is 0 Å². The van der Waals surface area contributed by atoms with Gasteiger partial charge in [0.2, 0.25) is 0 Å². The Morgan fingerprint density at radius 3 is 2.68 bits per heavy atom. The molecule has 3 aromatic rings. The van der Waals surface area contributed by atoms with Crippen LogP contribution in [0.25, 0.3) is 10.9 Å². The quantitative estimate of drug-likeness (QED) is 0.303. The summed E-state index contributed by atoms with van der Waals surface area (Å²) in [6.45, 7) is 3.15. The van der Waals surface area contributed by atoms with Crippen LogP contribution in [0.1, 0.15) is 12.5 Å². The van der Waals surface area contributed by atoms with Crippen LogP contribution in [0, 0.1) is 0 Å². The second-order valence-corrected chi connectivity index (χ2v) is 5.84. The number of aromatic nitrogens is 1. The number of hydrogen-bond donors (Lipinski definition) is 2. The van der Waals surface area contributed by atoms with Crippen LogP contribution in [-0.4, -0.2) is 31.7 Å². The highest BCUT2D eigenvalue weighted by Gasteiger charge is 2.08. The molecule has 0 radical (unpaired) electrons. The van der Waals surface area contributed by atoms with Crippen molar-refractivity contribution in [2.45, 2.75) is 13.5 Å². The van der Waals surface area contributed by atoms with Gasteiger partial charge in [0.25, 0.3) is 0 Å². The normalized spacial score (nSPS) is 10.9. The number of halogens is 1. The molecule has 148 valence electrons.